The predicted molar refractivity (Wildman–Crippen MR) is 137 cm³/mol. The maximum Gasteiger partial charge on any atom is 0.248 e. The first-order chi connectivity index (χ1) is 16.4. The van der Waals surface area contributed by atoms with Crippen LogP contribution in [0.5, 0.6) is 0 Å². The first kappa shape index (κ1) is 22.8. The van der Waals surface area contributed by atoms with E-state index in [1.54, 1.807) is 0 Å². The lowest BCUT2D eigenvalue weighted by Gasteiger charge is -2.55. The number of piperidine rings is 1. The van der Waals surface area contributed by atoms with Crippen molar-refractivity contribution in [2.75, 3.05) is 19.6 Å². The average Bonchev–Trinajstić information content (AvgIpc) is 2.86. The van der Waals surface area contributed by atoms with Crippen molar-refractivity contribution in [3.05, 3.63) is 107 Å². The van der Waals surface area contributed by atoms with Crippen molar-refractivity contribution in [3.63, 3.8) is 0 Å². The fourth-order valence-corrected chi connectivity index (χ4v) is 6.08. The van der Waals surface area contributed by atoms with Crippen LogP contribution in [-0.4, -0.2) is 41.4 Å². The van der Waals surface area contributed by atoms with Gasteiger partial charge in [0.1, 0.15) is 0 Å². The van der Waals surface area contributed by atoms with Crippen LogP contribution in [0.3, 0.4) is 0 Å². The molecule has 0 bridgehead atoms. The van der Waals surface area contributed by atoms with Crippen molar-refractivity contribution < 1.29 is 4.79 Å². The highest BCUT2D eigenvalue weighted by Gasteiger charge is 2.46. The molecule has 4 nitrogen and oxygen atoms in total. The first-order valence-corrected chi connectivity index (χ1v) is 12.4. The summed E-state index contributed by atoms with van der Waals surface area (Å²) in [6.07, 6.45) is 1.07. The predicted octanol–water partition coefficient (Wildman–Crippen LogP) is 5.01. The van der Waals surface area contributed by atoms with E-state index in [-0.39, 0.29) is 11.3 Å². The lowest BCUT2D eigenvalue weighted by molar-refractivity contribution is -0.0351. The second-order valence-electron chi connectivity index (χ2n) is 10.4. The Kier molecular flexibility index (Phi) is 6.28. The van der Waals surface area contributed by atoms with Gasteiger partial charge >= 0.3 is 0 Å². The molecule has 3 aromatic rings. The fourth-order valence-electron chi connectivity index (χ4n) is 6.08. The van der Waals surface area contributed by atoms with E-state index < -0.39 is 0 Å². The normalized spacial score (nSPS) is 27.8. The highest BCUT2D eigenvalue weighted by Crippen LogP contribution is 2.45. The van der Waals surface area contributed by atoms with Crippen molar-refractivity contribution >= 4 is 5.91 Å². The highest BCUT2D eigenvalue weighted by molar-refractivity contribution is 5.92. The van der Waals surface area contributed by atoms with Crippen LogP contribution in [0, 0.1) is 5.92 Å². The van der Waals surface area contributed by atoms with E-state index in [9.17, 15) is 4.79 Å². The number of hydrogen-bond donors (Lipinski definition) is 1. The summed E-state index contributed by atoms with van der Waals surface area (Å²) < 4.78 is 0. The largest absolute Gasteiger partial charge is 0.366 e. The van der Waals surface area contributed by atoms with Crippen molar-refractivity contribution in [2.24, 2.45) is 11.7 Å². The van der Waals surface area contributed by atoms with Crippen molar-refractivity contribution in [3.8, 4) is 0 Å². The standard InChI is InChI=1S/C30H35N3O/c1-22-18-32-21-28(24-12-7-4-8-13-24)33(19-23-10-5-3-6-11-23)20-27(32)17-30(22,2)26-15-9-14-25(16-26)29(31)34/h3-16,22,27-28H,17-21H2,1-2H3,(H2,31,34)/t22?,27?,28?,30-/m1/s1. The smallest absolute Gasteiger partial charge is 0.248 e. The maximum atomic E-state index is 11.8. The Bertz CT molecular complexity index is 1130. The monoisotopic (exact) mass is 453 g/mol. The maximum absolute atomic E-state index is 11.8. The Balaban J connectivity index is 1.44. The van der Waals surface area contributed by atoms with E-state index in [1.807, 2.05) is 18.2 Å². The fraction of sp³-hybridized carbons (Fsp3) is 0.367. The summed E-state index contributed by atoms with van der Waals surface area (Å²) >= 11 is 0. The van der Waals surface area contributed by atoms with Crippen LogP contribution >= 0.6 is 0 Å². The first-order valence-electron chi connectivity index (χ1n) is 12.4. The Morgan fingerprint density at radius 3 is 2.35 bits per heavy atom. The number of nitrogens with two attached hydrogens (primary N) is 1. The summed E-state index contributed by atoms with van der Waals surface area (Å²) in [6, 6.07) is 30.6. The van der Waals surface area contributed by atoms with Gasteiger partial charge in [0, 0.05) is 43.8 Å². The van der Waals surface area contributed by atoms with Crippen molar-refractivity contribution in [2.45, 2.75) is 44.3 Å². The molecule has 34 heavy (non-hydrogen) atoms. The van der Waals surface area contributed by atoms with E-state index in [4.69, 9.17) is 5.73 Å². The molecule has 0 saturated carbocycles. The molecule has 0 spiro atoms. The number of hydrogen-bond acceptors (Lipinski definition) is 3. The number of piperazine rings is 1. The van der Waals surface area contributed by atoms with Crippen LogP contribution < -0.4 is 5.73 Å². The molecule has 0 aromatic heterocycles. The van der Waals surface area contributed by atoms with E-state index in [1.165, 1.54) is 16.7 Å². The number of fused-ring (bicyclic) bond motifs is 1. The summed E-state index contributed by atoms with van der Waals surface area (Å²) in [4.78, 5) is 17.2. The number of carbonyl (C=O) groups excluding carboxylic acids is 1. The molecule has 2 aliphatic heterocycles. The molecule has 176 valence electrons. The number of primary amides is 1. The van der Waals surface area contributed by atoms with Gasteiger partial charge in [0.15, 0.2) is 0 Å². The Labute approximate surface area is 203 Å². The zero-order valence-electron chi connectivity index (χ0n) is 20.2. The minimum absolute atomic E-state index is 0.00459. The molecule has 3 aromatic carbocycles. The molecule has 2 aliphatic rings. The summed E-state index contributed by atoms with van der Waals surface area (Å²) in [7, 11) is 0. The van der Waals surface area contributed by atoms with Gasteiger partial charge in [-0.2, -0.15) is 0 Å². The van der Waals surface area contributed by atoms with E-state index in [0.717, 1.165) is 32.6 Å². The summed E-state index contributed by atoms with van der Waals surface area (Å²) in [5, 5.41) is 0. The van der Waals surface area contributed by atoms with Crippen LogP contribution in [0.15, 0.2) is 84.9 Å². The van der Waals surface area contributed by atoms with Crippen LogP contribution in [0.2, 0.25) is 0 Å². The van der Waals surface area contributed by atoms with Gasteiger partial charge < -0.3 is 5.73 Å². The number of carbonyl (C=O) groups is 1. The van der Waals surface area contributed by atoms with Gasteiger partial charge in [-0.25, -0.2) is 0 Å². The number of amides is 1. The molecular weight excluding hydrogens is 418 g/mol. The van der Waals surface area contributed by atoms with E-state index in [0.29, 0.717) is 23.6 Å². The molecule has 0 aliphatic carbocycles. The highest BCUT2D eigenvalue weighted by atomic mass is 16.1. The molecule has 5 rings (SSSR count). The average molecular weight is 454 g/mol. The minimum atomic E-state index is -0.354. The van der Waals surface area contributed by atoms with Gasteiger partial charge in [0.05, 0.1) is 0 Å². The van der Waals surface area contributed by atoms with Gasteiger partial charge in [-0.15, -0.1) is 0 Å². The molecule has 4 atom stereocenters. The van der Waals surface area contributed by atoms with Crippen molar-refractivity contribution in [1.82, 2.24) is 9.80 Å². The Hall–Kier alpha value is -2.95. The second-order valence-corrected chi connectivity index (χ2v) is 10.4. The molecule has 2 N–H and O–H groups in total. The second kappa shape index (κ2) is 9.36. The zero-order valence-corrected chi connectivity index (χ0v) is 20.2. The van der Waals surface area contributed by atoms with E-state index >= 15 is 0 Å². The van der Waals surface area contributed by atoms with Crippen LogP contribution in [0.25, 0.3) is 0 Å². The minimum Gasteiger partial charge on any atom is -0.366 e. The van der Waals surface area contributed by atoms with Gasteiger partial charge in [-0.1, -0.05) is 86.6 Å². The molecule has 1 amide bonds. The number of nitrogens with zero attached hydrogens (tertiary/aromatic N) is 2. The van der Waals surface area contributed by atoms with Gasteiger partial charge in [0.2, 0.25) is 5.91 Å². The van der Waals surface area contributed by atoms with Gasteiger partial charge in [-0.05, 0) is 46.6 Å². The van der Waals surface area contributed by atoms with Gasteiger partial charge in [0.25, 0.3) is 0 Å². The molecule has 0 radical (unpaired) electrons. The zero-order chi connectivity index (χ0) is 23.7. The van der Waals surface area contributed by atoms with Crippen LogP contribution in [-0.2, 0) is 12.0 Å². The van der Waals surface area contributed by atoms with Crippen LogP contribution in [0.4, 0.5) is 0 Å². The third kappa shape index (κ3) is 4.40. The van der Waals surface area contributed by atoms with Crippen LogP contribution in [0.1, 0.15) is 53.4 Å². The SMILES string of the molecule is CC1CN2CC(c3ccccc3)N(Cc3ccccc3)CC2C[C@@]1(C)c1cccc(C(N)=O)c1. The number of benzene rings is 3. The third-order valence-electron chi connectivity index (χ3n) is 8.28. The summed E-state index contributed by atoms with van der Waals surface area (Å²) in [5.41, 5.74) is 10.2. The molecule has 4 heteroatoms. The van der Waals surface area contributed by atoms with Gasteiger partial charge in [-0.3, -0.25) is 14.6 Å². The quantitative estimate of drug-likeness (QED) is 0.591. The van der Waals surface area contributed by atoms with Crippen molar-refractivity contribution in [1.29, 1.82) is 0 Å². The Morgan fingerprint density at radius 1 is 0.941 bits per heavy atom. The topological polar surface area (TPSA) is 49.6 Å². The van der Waals surface area contributed by atoms with E-state index in [2.05, 4.69) is 90.4 Å². The molecule has 3 unspecified atom stereocenters. The molecule has 2 heterocycles. The molecular formula is C30H35N3O. The molecule has 2 saturated heterocycles. The Morgan fingerprint density at radius 2 is 1.65 bits per heavy atom. The third-order valence-corrected chi connectivity index (χ3v) is 8.28. The lowest BCUT2D eigenvalue weighted by atomic mass is 9.65. The molecule has 2 fully saturated rings. The summed E-state index contributed by atoms with van der Waals surface area (Å²) in [5.74, 6) is 0.122. The number of rotatable bonds is 5. The lowest BCUT2D eigenvalue weighted by Crippen LogP contribution is -2.61. The summed E-state index contributed by atoms with van der Waals surface area (Å²) in [6.45, 7) is 8.83.